The summed E-state index contributed by atoms with van der Waals surface area (Å²) in [6.45, 7) is 2.43. The highest BCUT2D eigenvalue weighted by Gasteiger charge is 2.07. The number of hydrogen-bond acceptors (Lipinski definition) is 3. The van der Waals surface area contributed by atoms with E-state index in [1.807, 2.05) is 19.1 Å². The molecule has 1 atom stereocenters. The molecule has 1 rings (SSSR count). The average Bonchev–Trinajstić information content (AvgIpc) is 2.36. The minimum atomic E-state index is -0.279. The smallest absolute Gasteiger partial charge is 0.319 e. The molecule has 0 aliphatic heterocycles. The standard InChI is InChI=1S/C12H19N3O2/c1-3-9(13)8-14-12(16)15-10-6-4-5-7-11(10)17-2/h4-7,9H,3,8,13H2,1-2H3,(H2,14,15,16). The summed E-state index contributed by atoms with van der Waals surface area (Å²) < 4.78 is 5.13. The molecule has 0 heterocycles. The van der Waals surface area contributed by atoms with Gasteiger partial charge in [-0.25, -0.2) is 4.79 Å². The second kappa shape index (κ2) is 6.75. The van der Waals surface area contributed by atoms with Crippen molar-refractivity contribution in [3.63, 3.8) is 0 Å². The van der Waals surface area contributed by atoms with Crippen LogP contribution in [0.25, 0.3) is 0 Å². The Morgan fingerprint density at radius 2 is 2.18 bits per heavy atom. The van der Waals surface area contributed by atoms with E-state index in [2.05, 4.69) is 10.6 Å². The molecule has 0 bridgehead atoms. The Morgan fingerprint density at radius 3 is 2.82 bits per heavy atom. The van der Waals surface area contributed by atoms with Gasteiger partial charge in [0, 0.05) is 12.6 Å². The molecule has 1 aromatic carbocycles. The lowest BCUT2D eigenvalue weighted by atomic mass is 10.2. The lowest BCUT2D eigenvalue weighted by molar-refractivity contribution is 0.251. The maximum Gasteiger partial charge on any atom is 0.319 e. The summed E-state index contributed by atoms with van der Waals surface area (Å²) in [5.74, 6) is 0.627. The van der Waals surface area contributed by atoms with Crippen LogP contribution in [0.1, 0.15) is 13.3 Å². The van der Waals surface area contributed by atoms with E-state index < -0.39 is 0 Å². The molecular weight excluding hydrogens is 218 g/mol. The molecule has 0 aliphatic carbocycles. The van der Waals surface area contributed by atoms with Crippen molar-refractivity contribution in [3.05, 3.63) is 24.3 Å². The van der Waals surface area contributed by atoms with Crippen molar-refractivity contribution >= 4 is 11.7 Å². The number of urea groups is 1. The van der Waals surface area contributed by atoms with Gasteiger partial charge in [0.05, 0.1) is 12.8 Å². The first-order chi connectivity index (χ1) is 8.17. The number of ether oxygens (including phenoxy) is 1. The number of nitrogens with two attached hydrogens (primary N) is 1. The Labute approximate surface area is 101 Å². The number of anilines is 1. The quantitative estimate of drug-likeness (QED) is 0.727. The highest BCUT2D eigenvalue weighted by molar-refractivity contribution is 5.90. The van der Waals surface area contributed by atoms with E-state index in [0.29, 0.717) is 18.0 Å². The number of hydrogen-bond donors (Lipinski definition) is 3. The maximum atomic E-state index is 11.6. The van der Waals surface area contributed by atoms with Gasteiger partial charge in [-0.3, -0.25) is 0 Å². The van der Waals surface area contributed by atoms with E-state index in [4.69, 9.17) is 10.5 Å². The highest BCUT2D eigenvalue weighted by atomic mass is 16.5. The molecule has 4 N–H and O–H groups in total. The van der Waals surface area contributed by atoms with Crippen LogP contribution in [0, 0.1) is 0 Å². The van der Waals surface area contributed by atoms with Gasteiger partial charge < -0.3 is 21.1 Å². The van der Waals surface area contributed by atoms with E-state index >= 15 is 0 Å². The molecule has 1 unspecified atom stereocenters. The molecule has 0 spiro atoms. The minimum absolute atomic E-state index is 0.0154. The maximum absolute atomic E-state index is 11.6. The van der Waals surface area contributed by atoms with Gasteiger partial charge in [0.25, 0.3) is 0 Å². The van der Waals surface area contributed by atoms with Crippen LogP contribution in [0.3, 0.4) is 0 Å². The Morgan fingerprint density at radius 1 is 1.47 bits per heavy atom. The van der Waals surface area contributed by atoms with E-state index in [1.54, 1.807) is 19.2 Å². The van der Waals surface area contributed by atoms with Crippen molar-refractivity contribution in [1.29, 1.82) is 0 Å². The summed E-state index contributed by atoms with van der Waals surface area (Å²) in [4.78, 5) is 11.6. The van der Waals surface area contributed by atoms with Crippen LogP contribution in [-0.2, 0) is 0 Å². The molecule has 5 heteroatoms. The van der Waals surface area contributed by atoms with Crippen molar-refractivity contribution in [2.45, 2.75) is 19.4 Å². The van der Waals surface area contributed by atoms with Crippen molar-refractivity contribution in [2.24, 2.45) is 5.73 Å². The van der Waals surface area contributed by atoms with E-state index in [0.717, 1.165) is 6.42 Å². The Hall–Kier alpha value is -1.75. The molecule has 0 aliphatic rings. The summed E-state index contributed by atoms with van der Waals surface area (Å²) in [5.41, 5.74) is 6.34. The van der Waals surface area contributed by atoms with Gasteiger partial charge >= 0.3 is 6.03 Å². The van der Waals surface area contributed by atoms with Crippen LogP contribution in [0.2, 0.25) is 0 Å². The molecule has 0 fully saturated rings. The van der Waals surface area contributed by atoms with E-state index in [9.17, 15) is 4.79 Å². The molecular formula is C12H19N3O2. The first kappa shape index (κ1) is 13.3. The molecule has 0 radical (unpaired) electrons. The number of para-hydroxylation sites is 2. The molecule has 17 heavy (non-hydrogen) atoms. The second-order valence-electron chi connectivity index (χ2n) is 3.70. The summed E-state index contributed by atoms with van der Waals surface area (Å²) in [7, 11) is 1.56. The molecule has 2 amide bonds. The van der Waals surface area contributed by atoms with Crippen LogP contribution in [0.5, 0.6) is 5.75 Å². The van der Waals surface area contributed by atoms with E-state index in [-0.39, 0.29) is 12.1 Å². The van der Waals surface area contributed by atoms with Crippen LogP contribution in [-0.4, -0.2) is 25.7 Å². The minimum Gasteiger partial charge on any atom is -0.495 e. The van der Waals surface area contributed by atoms with Crippen LogP contribution in [0.15, 0.2) is 24.3 Å². The zero-order chi connectivity index (χ0) is 12.7. The fraction of sp³-hybridized carbons (Fsp3) is 0.417. The van der Waals surface area contributed by atoms with Crippen molar-refractivity contribution in [1.82, 2.24) is 5.32 Å². The van der Waals surface area contributed by atoms with Gasteiger partial charge in [0.1, 0.15) is 5.75 Å². The van der Waals surface area contributed by atoms with Crippen molar-refractivity contribution < 1.29 is 9.53 Å². The van der Waals surface area contributed by atoms with Crippen molar-refractivity contribution in [2.75, 3.05) is 19.0 Å². The lowest BCUT2D eigenvalue weighted by Gasteiger charge is -2.13. The van der Waals surface area contributed by atoms with Gasteiger partial charge in [-0.2, -0.15) is 0 Å². The Bertz CT molecular complexity index is 369. The number of carbonyl (C=O) groups excluding carboxylic acids is 1. The predicted octanol–water partition coefficient (Wildman–Crippen LogP) is 1.55. The Balaban J connectivity index is 2.50. The first-order valence-corrected chi connectivity index (χ1v) is 5.60. The number of methoxy groups -OCH3 is 1. The van der Waals surface area contributed by atoms with Gasteiger partial charge in [0.15, 0.2) is 0 Å². The number of nitrogens with one attached hydrogen (secondary N) is 2. The zero-order valence-electron chi connectivity index (χ0n) is 10.2. The molecule has 5 nitrogen and oxygen atoms in total. The predicted molar refractivity (Wildman–Crippen MR) is 68.3 cm³/mol. The third-order valence-corrected chi connectivity index (χ3v) is 2.40. The number of rotatable bonds is 5. The van der Waals surface area contributed by atoms with Crippen LogP contribution >= 0.6 is 0 Å². The third kappa shape index (κ3) is 4.32. The monoisotopic (exact) mass is 237 g/mol. The largest absolute Gasteiger partial charge is 0.495 e. The molecule has 94 valence electrons. The highest BCUT2D eigenvalue weighted by Crippen LogP contribution is 2.22. The summed E-state index contributed by atoms with van der Waals surface area (Å²) in [6.07, 6.45) is 0.828. The van der Waals surface area contributed by atoms with Gasteiger partial charge in [-0.1, -0.05) is 19.1 Å². The van der Waals surface area contributed by atoms with E-state index in [1.165, 1.54) is 0 Å². The second-order valence-corrected chi connectivity index (χ2v) is 3.70. The lowest BCUT2D eigenvalue weighted by Crippen LogP contribution is -2.38. The van der Waals surface area contributed by atoms with Crippen LogP contribution < -0.4 is 21.1 Å². The van der Waals surface area contributed by atoms with Gasteiger partial charge in [-0.05, 0) is 18.6 Å². The fourth-order valence-electron chi connectivity index (χ4n) is 1.28. The van der Waals surface area contributed by atoms with Gasteiger partial charge in [0.2, 0.25) is 0 Å². The zero-order valence-corrected chi connectivity index (χ0v) is 10.2. The normalized spacial score (nSPS) is 11.7. The van der Waals surface area contributed by atoms with Crippen LogP contribution in [0.4, 0.5) is 10.5 Å². The molecule has 0 saturated carbocycles. The number of carbonyl (C=O) groups is 1. The summed E-state index contributed by atoms with van der Waals surface area (Å²) in [6, 6.07) is 6.94. The summed E-state index contributed by atoms with van der Waals surface area (Å²) >= 11 is 0. The number of amides is 2. The molecule has 0 saturated heterocycles. The van der Waals surface area contributed by atoms with Crippen molar-refractivity contribution in [3.8, 4) is 5.75 Å². The average molecular weight is 237 g/mol. The number of benzene rings is 1. The summed E-state index contributed by atoms with van der Waals surface area (Å²) in [5, 5.41) is 5.41. The van der Waals surface area contributed by atoms with Gasteiger partial charge in [-0.15, -0.1) is 0 Å². The topological polar surface area (TPSA) is 76.4 Å². The molecule has 1 aromatic rings. The fourth-order valence-corrected chi connectivity index (χ4v) is 1.28. The molecule has 0 aromatic heterocycles. The Kier molecular flexibility index (Phi) is 5.29. The first-order valence-electron chi connectivity index (χ1n) is 5.60. The SMILES string of the molecule is CCC(N)CNC(=O)Nc1ccccc1OC. The third-order valence-electron chi connectivity index (χ3n) is 2.40.